The molecule has 0 saturated heterocycles. The summed E-state index contributed by atoms with van der Waals surface area (Å²) < 4.78 is 7.00. The number of para-hydroxylation sites is 1. The molecule has 0 aliphatic heterocycles. The van der Waals surface area contributed by atoms with Crippen LogP contribution < -0.4 is 4.90 Å². The van der Waals surface area contributed by atoms with E-state index in [0.29, 0.717) is 0 Å². The van der Waals surface area contributed by atoms with Gasteiger partial charge in [0.2, 0.25) is 0 Å². The normalized spacial score (nSPS) is 12.7. The van der Waals surface area contributed by atoms with E-state index in [1.54, 1.807) is 0 Å². The Morgan fingerprint density at radius 2 is 0.938 bits per heavy atom. The predicted molar refractivity (Wildman–Crippen MR) is 272 cm³/mol. The lowest BCUT2D eigenvalue weighted by Gasteiger charge is -2.35. The van der Waals surface area contributed by atoms with Gasteiger partial charge in [0.25, 0.3) is 0 Å². The Morgan fingerprint density at radius 1 is 0.338 bits per heavy atom. The van der Waals surface area contributed by atoms with Crippen LogP contribution in [0.1, 0.15) is 22.3 Å². The Labute approximate surface area is 377 Å². The third-order valence-corrected chi connectivity index (χ3v) is 13.7. The Bertz CT molecular complexity index is 3730. The van der Waals surface area contributed by atoms with Gasteiger partial charge in [0.15, 0.2) is 0 Å². The topological polar surface area (TPSA) is 16.4 Å². The lowest BCUT2D eigenvalue weighted by Crippen LogP contribution is -2.28. The lowest BCUT2D eigenvalue weighted by atomic mass is 9.67. The van der Waals surface area contributed by atoms with Gasteiger partial charge < -0.3 is 9.32 Å². The first-order chi connectivity index (χ1) is 32.2. The highest BCUT2D eigenvalue weighted by atomic mass is 16.3. The van der Waals surface area contributed by atoms with E-state index < -0.39 is 5.41 Å². The molecule has 12 aromatic rings. The van der Waals surface area contributed by atoms with Crippen molar-refractivity contribution in [3.8, 4) is 33.4 Å². The van der Waals surface area contributed by atoms with Gasteiger partial charge in [-0.15, -0.1) is 0 Å². The molecule has 2 nitrogen and oxygen atoms in total. The van der Waals surface area contributed by atoms with Gasteiger partial charge in [0.05, 0.1) is 11.1 Å². The van der Waals surface area contributed by atoms with Gasteiger partial charge in [-0.25, -0.2) is 0 Å². The number of anilines is 3. The van der Waals surface area contributed by atoms with Crippen molar-refractivity contribution in [1.82, 2.24) is 0 Å². The number of rotatable bonds is 7. The van der Waals surface area contributed by atoms with E-state index in [0.717, 1.165) is 61.3 Å². The van der Waals surface area contributed by atoms with Crippen LogP contribution in [0.25, 0.3) is 76.9 Å². The van der Waals surface area contributed by atoms with Crippen LogP contribution in [-0.2, 0) is 5.41 Å². The SMILES string of the molecule is c1ccc(-c2ccccc2N(c2ccc3c(c2)C(c2ccccc2)(c2ccccc2)c2ccccc2-3)c2ccc3oc4c(-c5ccc6ccccc6c5)c5ccccc5cc4c3c2)cc1. The highest BCUT2D eigenvalue weighted by molar-refractivity contribution is 6.19. The molecule has 0 bridgehead atoms. The van der Waals surface area contributed by atoms with Crippen molar-refractivity contribution < 1.29 is 4.42 Å². The van der Waals surface area contributed by atoms with E-state index in [1.165, 1.54) is 54.9 Å². The maximum absolute atomic E-state index is 7.00. The fourth-order valence-electron chi connectivity index (χ4n) is 10.9. The summed E-state index contributed by atoms with van der Waals surface area (Å²) in [5.41, 5.74) is 16.5. The van der Waals surface area contributed by atoms with Gasteiger partial charge in [-0.3, -0.25) is 0 Å². The molecule has 0 unspecified atom stereocenters. The summed E-state index contributed by atoms with van der Waals surface area (Å²) in [6.45, 7) is 0. The molecule has 0 N–H and O–H groups in total. The molecule has 1 aliphatic carbocycles. The van der Waals surface area contributed by atoms with E-state index in [-0.39, 0.29) is 0 Å². The van der Waals surface area contributed by atoms with Crippen molar-refractivity contribution in [3.05, 3.63) is 271 Å². The van der Waals surface area contributed by atoms with E-state index in [1.807, 2.05) is 0 Å². The Morgan fingerprint density at radius 3 is 1.72 bits per heavy atom. The van der Waals surface area contributed by atoms with E-state index in [9.17, 15) is 0 Å². The van der Waals surface area contributed by atoms with E-state index in [4.69, 9.17) is 4.42 Å². The molecular formula is C63H41NO. The van der Waals surface area contributed by atoms with Gasteiger partial charge in [-0.05, 0) is 115 Å². The molecule has 11 aromatic carbocycles. The summed E-state index contributed by atoms with van der Waals surface area (Å²) in [6, 6.07) is 90.8. The van der Waals surface area contributed by atoms with Crippen molar-refractivity contribution in [1.29, 1.82) is 0 Å². The first kappa shape index (κ1) is 37.1. The molecule has 13 rings (SSSR count). The van der Waals surface area contributed by atoms with Crippen LogP contribution in [0, 0.1) is 0 Å². The minimum Gasteiger partial charge on any atom is -0.455 e. The molecule has 0 radical (unpaired) electrons. The molecule has 65 heavy (non-hydrogen) atoms. The van der Waals surface area contributed by atoms with Gasteiger partial charge in [-0.1, -0.05) is 200 Å². The second kappa shape index (κ2) is 14.8. The molecule has 0 amide bonds. The van der Waals surface area contributed by atoms with Crippen LogP contribution in [0.2, 0.25) is 0 Å². The third-order valence-electron chi connectivity index (χ3n) is 13.7. The highest BCUT2D eigenvalue weighted by Gasteiger charge is 2.46. The number of nitrogens with zero attached hydrogens (tertiary/aromatic N) is 1. The monoisotopic (exact) mass is 827 g/mol. The molecule has 0 spiro atoms. The van der Waals surface area contributed by atoms with Gasteiger partial charge in [-0.2, -0.15) is 0 Å². The Balaban J connectivity index is 1.08. The van der Waals surface area contributed by atoms with Crippen LogP contribution in [0.4, 0.5) is 17.1 Å². The van der Waals surface area contributed by atoms with Gasteiger partial charge in [0.1, 0.15) is 11.2 Å². The van der Waals surface area contributed by atoms with Crippen molar-refractivity contribution in [2.24, 2.45) is 0 Å². The average molecular weight is 828 g/mol. The summed E-state index contributed by atoms with van der Waals surface area (Å²) in [5.74, 6) is 0. The van der Waals surface area contributed by atoms with Crippen LogP contribution in [0.15, 0.2) is 253 Å². The molecule has 1 aromatic heterocycles. The average Bonchev–Trinajstić information content (AvgIpc) is 3.89. The zero-order valence-electron chi connectivity index (χ0n) is 35.5. The van der Waals surface area contributed by atoms with Gasteiger partial charge >= 0.3 is 0 Å². The first-order valence-electron chi connectivity index (χ1n) is 22.4. The third kappa shape index (κ3) is 5.74. The van der Waals surface area contributed by atoms with E-state index >= 15 is 0 Å². The minimum atomic E-state index is -0.542. The maximum atomic E-state index is 7.00. The standard InChI is InChI=1S/C63H41NO/c1-4-19-43(20-5-1)51-27-15-17-31-59(51)64(50-34-36-54-53-29-14-16-30-57(53)63(58(54)41-50,47-23-6-2-7-24-47)48-25-8-3-9-26-48)49-35-37-60-55(40-49)56-39-45-22-12-13-28-52(45)61(62(56)65-60)46-33-32-42-18-10-11-21-44(42)38-46/h1-41H. The fourth-order valence-corrected chi connectivity index (χ4v) is 10.9. The van der Waals surface area contributed by atoms with Crippen molar-refractivity contribution in [2.75, 3.05) is 4.90 Å². The molecule has 0 fully saturated rings. The Hall–Kier alpha value is -8.46. The minimum absolute atomic E-state index is 0.542. The number of hydrogen-bond donors (Lipinski definition) is 0. The van der Waals surface area contributed by atoms with Crippen LogP contribution >= 0.6 is 0 Å². The zero-order chi connectivity index (χ0) is 42.9. The molecule has 1 aliphatic rings. The van der Waals surface area contributed by atoms with Crippen LogP contribution in [0.5, 0.6) is 0 Å². The maximum Gasteiger partial charge on any atom is 0.143 e. The van der Waals surface area contributed by atoms with Crippen molar-refractivity contribution in [2.45, 2.75) is 5.41 Å². The second-order valence-electron chi connectivity index (χ2n) is 17.2. The summed E-state index contributed by atoms with van der Waals surface area (Å²) in [6.07, 6.45) is 0. The number of benzene rings is 11. The molecule has 1 heterocycles. The molecular weight excluding hydrogens is 787 g/mol. The summed E-state index contributed by atoms with van der Waals surface area (Å²) in [4.78, 5) is 2.45. The number of furan rings is 1. The zero-order valence-corrected chi connectivity index (χ0v) is 35.5. The first-order valence-corrected chi connectivity index (χ1v) is 22.4. The molecule has 2 heteroatoms. The van der Waals surface area contributed by atoms with E-state index in [2.05, 4.69) is 254 Å². The predicted octanol–water partition coefficient (Wildman–Crippen LogP) is 17.1. The van der Waals surface area contributed by atoms with Crippen molar-refractivity contribution >= 4 is 60.5 Å². The van der Waals surface area contributed by atoms with Crippen LogP contribution in [0.3, 0.4) is 0 Å². The fraction of sp³-hybridized carbons (Fsp3) is 0.0159. The lowest BCUT2D eigenvalue weighted by molar-refractivity contribution is 0.670. The Kier molecular flexibility index (Phi) is 8.47. The van der Waals surface area contributed by atoms with Gasteiger partial charge in [0, 0.05) is 33.3 Å². The summed E-state index contributed by atoms with van der Waals surface area (Å²) >= 11 is 0. The molecule has 0 atom stereocenters. The van der Waals surface area contributed by atoms with Crippen molar-refractivity contribution in [3.63, 3.8) is 0 Å². The quantitative estimate of drug-likeness (QED) is 0.159. The smallest absolute Gasteiger partial charge is 0.143 e. The number of hydrogen-bond acceptors (Lipinski definition) is 2. The summed E-state index contributed by atoms with van der Waals surface area (Å²) in [5, 5.41) is 6.95. The highest BCUT2D eigenvalue weighted by Crippen LogP contribution is 2.57. The largest absolute Gasteiger partial charge is 0.455 e. The van der Waals surface area contributed by atoms with Crippen LogP contribution in [-0.4, -0.2) is 0 Å². The number of fused-ring (bicyclic) bond motifs is 8. The molecule has 0 saturated carbocycles. The molecule has 304 valence electrons. The second-order valence-corrected chi connectivity index (χ2v) is 17.2. The summed E-state index contributed by atoms with van der Waals surface area (Å²) in [7, 11) is 0.